The van der Waals surface area contributed by atoms with E-state index in [1.807, 2.05) is 11.0 Å². The Morgan fingerprint density at radius 2 is 2.10 bits per heavy atom. The molecule has 0 atom stereocenters. The molecule has 2 aliphatic rings. The maximum atomic E-state index is 12.4. The van der Waals surface area contributed by atoms with Crippen LogP contribution in [0, 0.1) is 0 Å². The quantitative estimate of drug-likeness (QED) is 0.920. The van der Waals surface area contributed by atoms with Crippen molar-refractivity contribution in [1.29, 1.82) is 0 Å². The summed E-state index contributed by atoms with van der Waals surface area (Å²) in [4.78, 5) is 18.7. The van der Waals surface area contributed by atoms with Crippen LogP contribution in [-0.2, 0) is 13.0 Å². The zero-order valence-electron chi connectivity index (χ0n) is 11.7. The predicted octanol–water partition coefficient (Wildman–Crippen LogP) is 3.61. The number of hydrogen-bond donors (Lipinski definition) is 1. The average Bonchev–Trinajstić information content (AvgIpc) is 3.27. The van der Waals surface area contributed by atoms with Crippen molar-refractivity contribution in [2.24, 2.45) is 0 Å². The van der Waals surface area contributed by atoms with Gasteiger partial charge < -0.3 is 4.90 Å². The lowest BCUT2D eigenvalue weighted by Crippen LogP contribution is -2.38. The van der Waals surface area contributed by atoms with Gasteiger partial charge in [-0.25, -0.2) is 9.78 Å². The van der Waals surface area contributed by atoms with Crippen LogP contribution in [0.5, 0.6) is 0 Å². The average molecular weight is 299 g/mol. The lowest BCUT2D eigenvalue weighted by Gasteiger charge is -2.28. The highest BCUT2D eigenvalue weighted by Gasteiger charge is 2.27. The highest BCUT2D eigenvalue weighted by molar-refractivity contribution is 7.13. The van der Waals surface area contributed by atoms with Crippen molar-refractivity contribution in [3.63, 3.8) is 0 Å². The van der Waals surface area contributed by atoms with Gasteiger partial charge in [-0.2, -0.15) is 0 Å². The fourth-order valence-corrected chi connectivity index (χ4v) is 3.53. The maximum Gasteiger partial charge on any atom is 0.323 e. The van der Waals surface area contributed by atoms with Gasteiger partial charge in [0.2, 0.25) is 0 Å². The second kappa shape index (κ2) is 5.15. The summed E-state index contributed by atoms with van der Waals surface area (Å²) in [5.41, 5.74) is 3.74. The van der Waals surface area contributed by atoms with E-state index in [2.05, 4.69) is 33.9 Å². The largest absolute Gasteiger partial charge is 0.323 e. The number of amides is 2. The van der Waals surface area contributed by atoms with Crippen LogP contribution >= 0.6 is 11.3 Å². The number of fused-ring (bicyclic) bond motifs is 1. The Kier molecular flexibility index (Phi) is 3.15. The summed E-state index contributed by atoms with van der Waals surface area (Å²) in [5.74, 6) is 0.633. The minimum Gasteiger partial charge on any atom is -0.320 e. The maximum absolute atomic E-state index is 12.4. The molecule has 1 aliphatic heterocycles. The molecule has 0 spiro atoms. The van der Waals surface area contributed by atoms with Gasteiger partial charge in [0.05, 0.1) is 5.69 Å². The normalized spacial score (nSPS) is 17.4. The number of carbonyl (C=O) groups excluding carboxylic acids is 1. The van der Waals surface area contributed by atoms with Gasteiger partial charge in [-0.1, -0.05) is 24.3 Å². The first-order valence-corrected chi connectivity index (χ1v) is 8.26. The molecular formula is C16H17N3OS. The highest BCUT2D eigenvalue weighted by atomic mass is 32.1. The molecular weight excluding hydrogens is 282 g/mol. The molecule has 0 radical (unpaired) electrons. The highest BCUT2D eigenvalue weighted by Crippen LogP contribution is 2.40. The lowest BCUT2D eigenvalue weighted by molar-refractivity contribution is 0.206. The second-order valence-corrected chi connectivity index (χ2v) is 6.58. The Bertz CT molecular complexity index is 678. The van der Waals surface area contributed by atoms with Crippen LogP contribution in [0.4, 0.5) is 9.93 Å². The summed E-state index contributed by atoms with van der Waals surface area (Å²) in [7, 11) is 0. The third-order valence-electron chi connectivity index (χ3n) is 4.15. The van der Waals surface area contributed by atoms with Gasteiger partial charge in [-0.3, -0.25) is 5.32 Å². The van der Waals surface area contributed by atoms with Crippen LogP contribution in [0.3, 0.4) is 0 Å². The Hall–Kier alpha value is -1.88. The molecule has 1 saturated carbocycles. The van der Waals surface area contributed by atoms with Gasteiger partial charge in [-0.05, 0) is 30.4 Å². The number of urea groups is 1. The summed E-state index contributed by atoms with van der Waals surface area (Å²) in [6.45, 7) is 1.45. The number of anilines is 1. The molecule has 1 aromatic carbocycles. The number of nitrogens with zero attached hydrogens (tertiary/aromatic N) is 2. The molecule has 4 nitrogen and oxygen atoms in total. The van der Waals surface area contributed by atoms with Gasteiger partial charge >= 0.3 is 6.03 Å². The SMILES string of the molecule is O=C(Nc1nc(C2CC2)cs1)N1CCc2ccccc2C1. The van der Waals surface area contributed by atoms with Gasteiger partial charge in [0.25, 0.3) is 0 Å². The van der Waals surface area contributed by atoms with Crippen molar-refractivity contribution in [1.82, 2.24) is 9.88 Å². The van der Waals surface area contributed by atoms with Gasteiger partial charge in [0, 0.05) is 24.4 Å². The third-order valence-corrected chi connectivity index (χ3v) is 4.93. The molecule has 1 N–H and O–H groups in total. The van der Waals surface area contributed by atoms with Crippen LogP contribution < -0.4 is 5.32 Å². The van der Waals surface area contributed by atoms with Crippen LogP contribution in [-0.4, -0.2) is 22.5 Å². The number of hydrogen-bond acceptors (Lipinski definition) is 3. The lowest BCUT2D eigenvalue weighted by atomic mass is 10.0. The number of benzene rings is 1. The van der Waals surface area contributed by atoms with Crippen LogP contribution in [0.2, 0.25) is 0 Å². The Morgan fingerprint density at radius 1 is 1.29 bits per heavy atom. The first kappa shape index (κ1) is 12.8. The number of thiazole rings is 1. The van der Waals surface area contributed by atoms with Crippen molar-refractivity contribution >= 4 is 22.5 Å². The molecule has 2 heterocycles. The number of nitrogens with one attached hydrogen (secondary N) is 1. The smallest absolute Gasteiger partial charge is 0.320 e. The zero-order chi connectivity index (χ0) is 14.2. The van der Waals surface area contributed by atoms with E-state index < -0.39 is 0 Å². The number of carbonyl (C=O) groups is 1. The summed E-state index contributed by atoms with van der Waals surface area (Å²) in [6, 6.07) is 8.30. The number of aromatic nitrogens is 1. The molecule has 0 bridgehead atoms. The Labute approximate surface area is 127 Å². The summed E-state index contributed by atoms with van der Waals surface area (Å²) >= 11 is 1.53. The van der Waals surface area contributed by atoms with Crippen molar-refractivity contribution < 1.29 is 4.79 Å². The van der Waals surface area contributed by atoms with E-state index in [0.717, 1.165) is 23.8 Å². The second-order valence-electron chi connectivity index (χ2n) is 5.72. The van der Waals surface area contributed by atoms with Crippen molar-refractivity contribution in [3.05, 3.63) is 46.5 Å². The van der Waals surface area contributed by atoms with E-state index in [0.29, 0.717) is 12.5 Å². The molecule has 21 heavy (non-hydrogen) atoms. The first-order valence-electron chi connectivity index (χ1n) is 7.38. The standard InChI is InChI=1S/C16H17N3OS/c20-16(18-15-17-14(10-21-15)12-5-6-12)19-8-7-11-3-1-2-4-13(11)9-19/h1-4,10,12H,5-9H2,(H,17,18,20). The van der Waals surface area contributed by atoms with E-state index >= 15 is 0 Å². The topological polar surface area (TPSA) is 45.2 Å². The van der Waals surface area contributed by atoms with Crippen LogP contribution in [0.1, 0.15) is 35.6 Å². The monoisotopic (exact) mass is 299 g/mol. The van der Waals surface area contributed by atoms with E-state index in [1.165, 1.54) is 35.3 Å². The fourth-order valence-electron chi connectivity index (χ4n) is 2.75. The molecule has 5 heteroatoms. The minimum absolute atomic E-state index is 0.0406. The zero-order valence-corrected chi connectivity index (χ0v) is 12.5. The molecule has 0 unspecified atom stereocenters. The summed E-state index contributed by atoms with van der Waals surface area (Å²) in [6.07, 6.45) is 3.40. The molecule has 1 fully saturated rings. The molecule has 2 amide bonds. The van der Waals surface area contributed by atoms with Gasteiger partial charge in [0.1, 0.15) is 0 Å². The van der Waals surface area contributed by atoms with Gasteiger partial charge in [-0.15, -0.1) is 11.3 Å². The van der Waals surface area contributed by atoms with Crippen molar-refractivity contribution in [2.45, 2.75) is 31.7 Å². The van der Waals surface area contributed by atoms with E-state index in [9.17, 15) is 4.79 Å². The van der Waals surface area contributed by atoms with Gasteiger partial charge in [0.15, 0.2) is 5.13 Å². The molecule has 108 valence electrons. The fraction of sp³-hybridized carbons (Fsp3) is 0.375. The molecule has 0 saturated heterocycles. The van der Waals surface area contributed by atoms with E-state index in [-0.39, 0.29) is 6.03 Å². The Morgan fingerprint density at radius 3 is 2.90 bits per heavy atom. The van der Waals surface area contributed by atoms with Crippen molar-refractivity contribution in [2.75, 3.05) is 11.9 Å². The number of rotatable bonds is 2. The molecule has 4 rings (SSSR count). The minimum atomic E-state index is -0.0406. The third kappa shape index (κ3) is 2.65. The van der Waals surface area contributed by atoms with E-state index in [4.69, 9.17) is 0 Å². The van der Waals surface area contributed by atoms with Crippen LogP contribution in [0.25, 0.3) is 0 Å². The van der Waals surface area contributed by atoms with Crippen molar-refractivity contribution in [3.8, 4) is 0 Å². The summed E-state index contributed by atoms with van der Waals surface area (Å²) < 4.78 is 0. The molecule has 1 aromatic heterocycles. The van der Waals surface area contributed by atoms with Crippen LogP contribution in [0.15, 0.2) is 29.6 Å². The Balaban J connectivity index is 1.43. The first-order chi connectivity index (χ1) is 10.3. The molecule has 2 aromatic rings. The molecule has 1 aliphatic carbocycles. The summed E-state index contributed by atoms with van der Waals surface area (Å²) in [5, 5.41) is 5.73. The van der Waals surface area contributed by atoms with E-state index in [1.54, 1.807) is 0 Å². The predicted molar refractivity (Wildman–Crippen MR) is 83.7 cm³/mol.